The molecule has 144 valence electrons. The summed E-state index contributed by atoms with van der Waals surface area (Å²) in [5, 5.41) is 0. The molecule has 1 heterocycles. The number of nitrogens with zero attached hydrogens (tertiary/aromatic N) is 2. The molecule has 4 heteroatoms. The van der Waals surface area contributed by atoms with E-state index in [2.05, 4.69) is 42.2 Å². The van der Waals surface area contributed by atoms with Gasteiger partial charge in [-0.05, 0) is 56.0 Å². The summed E-state index contributed by atoms with van der Waals surface area (Å²) in [7, 11) is 4.06. The first-order chi connectivity index (χ1) is 12.9. The molecule has 1 fully saturated rings. The quantitative estimate of drug-likeness (QED) is 0.768. The summed E-state index contributed by atoms with van der Waals surface area (Å²) >= 11 is 0. The van der Waals surface area contributed by atoms with Gasteiger partial charge in [-0.3, -0.25) is 4.79 Å². The van der Waals surface area contributed by atoms with Crippen LogP contribution in [0.15, 0.2) is 42.5 Å². The zero-order chi connectivity index (χ0) is 19.4. The van der Waals surface area contributed by atoms with Gasteiger partial charge >= 0.3 is 0 Å². The summed E-state index contributed by atoms with van der Waals surface area (Å²) in [4.78, 5) is 17.3. The van der Waals surface area contributed by atoms with Crippen molar-refractivity contribution in [2.45, 2.75) is 39.3 Å². The van der Waals surface area contributed by atoms with Gasteiger partial charge in [-0.1, -0.05) is 29.8 Å². The molecule has 2 aromatic carbocycles. The summed E-state index contributed by atoms with van der Waals surface area (Å²) in [6.45, 7) is 6.10. The lowest BCUT2D eigenvalue weighted by atomic mass is 10.0. The standard InChI is InChI=1S/C23H30N2O2/c1-17-7-12-22(18(2)14-17)23(26)25(16-21-6-5-13-27-21)15-19-8-10-20(11-9-19)24(3)4/h7-12,14,21H,5-6,13,15-16H2,1-4H3. The highest BCUT2D eigenvalue weighted by Crippen LogP contribution is 2.20. The van der Waals surface area contributed by atoms with Crippen LogP contribution in [0.4, 0.5) is 5.69 Å². The molecular formula is C23H30N2O2. The molecule has 27 heavy (non-hydrogen) atoms. The van der Waals surface area contributed by atoms with Crippen molar-refractivity contribution in [2.24, 2.45) is 0 Å². The molecule has 0 radical (unpaired) electrons. The molecule has 1 aliphatic rings. The van der Waals surface area contributed by atoms with E-state index >= 15 is 0 Å². The molecule has 0 spiro atoms. The first kappa shape index (κ1) is 19.4. The monoisotopic (exact) mass is 366 g/mol. The molecule has 0 aromatic heterocycles. The number of anilines is 1. The summed E-state index contributed by atoms with van der Waals surface area (Å²) in [6.07, 6.45) is 2.24. The zero-order valence-electron chi connectivity index (χ0n) is 16.9. The molecule has 0 N–H and O–H groups in total. The van der Waals surface area contributed by atoms with E-state index in [4.69, 9.17) is 4.74 Å². The third-order valence-electron chi connectivity index (χ3n) is 5.17. The van der Waals surface area contributed by atoms with Crippen LogP contribution >= 0.6 is 0 Å². The molecule has 0 bridgehead atoms. The fourth-order valence-corrected chi connectivity index (χ4v) is 3.60. The van der Waals surface area contributed by atoms with Gasteiger partial charge in [-0.15, -0.1) is 0 Å². The number of hydrogen-bond acceptors (Lipinski definition) is 3. The highest BCUT2D eigenvalue weighted by molar-refractivity contribution is 5.95. The van der Waals surface area contributed by atoms with E-state index in [0.29, 0.717) is 13.1 Å². The van der Waals surface area contributed by atoms with E-state index in [1.807, 2.05) is 38.1 Å². The number of benzene rings is 2. The van der Waals surface area contributed by atoms with Crippen LogP contribution in [-0.4, -0.2) is 44.2 Å². The summed E-state index contributed by atoms with van der Waals surface area (Å²) in [5.74, 6) is 0.0830. The predicted octanol–water partition coefficient (Wildman–Crippen LogP) is 4.19. The highest BCUT2D eigenvalue weighted by Gasteiger charge is 2.24. The molecular weight excluding hydrogens is 336 g/mol. The van der Waals surface area contributed by atoms with Crippen LogP contribution < -0.4 is 4.90 Å². The number of hydrogen-bond donors (Lipinski definition) is 0. The van der Waals surface area contributed by atoms with E-state index in [9.17, 15) is 4.79 Å². The number of carbonyl (C=O) groups excluding carboxylic acids is 1. The molecule has 1 atom stereocenters. The summed E-state index contributed by atoms with van der Waals surface area (Å²) in [6, 6.07) is 14.4. The van der Waals surface area contributed by atoms with Gasteiger partial charge in [0.15, 0.2) is 0 Å². The number of carbonyl (C=O) groups is 1. The minimum Gasteiger partial charge on any atom is -0.378 e. The van der Waals surface area contributed by atoms with Gasteiger partial charge in [0.05, 0.1) is 6.10 Å². The fraction of sp³-hybridized carbons (Fsp3) is 0.435. The molecule has 1 amide bonds. The van der Waals surface area contributed by atoms with Crippen LogP contribution in [0.25, 0.3) is 0 Å². The zero-order valence-corrected chi connectivity index (χ0v) is 16.9. The van der Waals surface area contributed by atoms with Crippen LogP contribution in [0.5, 0.6) is 0 Å². The van der Waals surface area contributed by atoms with Gasteiger partial charge in [-0.2, -0.15) is 0 Å². The van der Waals surface area contributed by atoms with Crippen molar-refractivity contribution >= 4 is 11.6 Å². The lowest BCUT2D eigenvalue weighted by molar-refractivity contribution is 0.0506. The molecule has 1 aliphatic heterocycles. The topological polar surface area (TPSA) is 32.8 Å². The van der Waals surface area contributed by atoms with Gasteiger partial charge in [0.2, 0.25) is 0 Å². The molecule has 0 aliphatic carbocycles. The van der Waals surface area contributed by atoms with Crippen molar-refractivity contribution in [1.29, 1.82) is 0 Å². The Morgan fingerprint density at radius 1 is 1.11 bits per heavy atom. The molecule has 1 unspecified atom stereocenters. The first-order valence-electron chi connectivity index (χ1n) is 9.68. The summed E-state index contributed by atoms with van der Waals surface area (Å²) < 4.78 is 5.81. The van der Waals surface area contributed by atoms with Crippen LogP contribution in [0, 0.1) is 13.8 Å². The summed E-state index contributed by atoms with van der Waals surface area (Å²) in [5.41, 5.74) is 5.28. The Balaban J connectivity index is 1.82. The predicted molar refractivity (Wildman–Crippen MR) is 110 cm³/mol. The number of aryl methyl sites for hydroxylation is 2. The van der Waals surface area contributed by atoms with Gasteiger partial charge < -0.3 is 14.5 Å². The maximum Gasteiger partial charge on any atom is 0.254 e. The average Bonchev–Trinajstić information content (AvgIpc) is 3.14. The third-order valence-corrected chi connectivity index (χ3v) is 5.17. The Morgan fingerprint density at radius 3 is 2.44 bits per heavy atom. The molecule has 1 saturated heterocycles. The normalized spacial score (nSPS) is 16.4. The van der Waals surface area contributed by atoms with E-state index in [1.54, 1.807) is 0 Å². The molecule has 2 aromatic rings. The largest absolute Gasteiger partial charge is 0.378 e. The third kappa shape index (κ3) is 4.89. The lowest BCUT2D eigenvalue weighted by Crippen LogP contribution is -2.37. The van der Waals surface area contributed by atoms with Crippen molar-refractivity contribution in [3.8, 4) is 0 Å². The van der Waals surface area contributed by atoms with Crippen molar-refractivity contribution in [3.63, 3.8) is 0 Å². The minimum atomic E-state index is 0.0830. The van der Waals surface area contributed by atoms with Crippen molar-refractivity contribution in [3.05, 3.63) is 64.7 Å². The Kier molecular flexibility index (Phi) is 6.17. The maximum absolute atomic E-state index is 13.3. The Bertz CT molecular complexity index is 777. The first-order valence-corrected chi connectivity index (χ1v) is 9.68. The Labute approximate surface area is 162 Å². The fourth-order valence-electron chi connectivity index (χ4n) is 3.60. The maximum atomic E-state index is 13.3. The SMILES string of the molecule is Cc1ccc(C(=O)N(Cc2ccc(N(C)C)cc2)CC2CCCO2)c(C)c1. The minimum absolute atomic E-state index is 0.0830. The second-order valence-electron chi connectivity index (χ2n) is 7.70. The molecule has 3 rings (SSSR count). The van der Waals surface area contributed by atoms with Crippen molar-refractivity contribution in [2.75, 3.05) is 32.1 Å². The average molecular weight is 367 g/mol. The van der Waals surface area contributed by atoms with E-state index in [1.165, 1.54) is 5.56 Å². The van der Waals surface area contributed by atoms with Gasteiger partial charge in [0, 0.05) is 45.0 Å². The van der Waals surface area contributed by atoms with Crippen LogP contribution in [0.1, 0.15) is 39.9 Å². The second-order valence-corrected chi connectivity index (χ2v) is 7.70. The lowest BCUT2D eigenvalue weighted by Gasteiger charge is -2.26. The van der Waals surface area contributed by atoms with Gasteiger partial charge in [-0.25, -0.2) is 0 Å². The van der Waals surface area contributed by atoms with Gasteiger partial charge in [0.1, 0.15) is 0 Å². The van der Waals surface area contributed by atoms with Crippen molar-refractivity contribution < 1.29 is 9.53 Å². The van der Waals surface area contributed by atoms with Crippen LogP contribution in [-0.2, 0) is 11.3 Å². The van der Waals surface area contributed by atoms with Crippen LogP contribution in [0.2, 0.25) is 0 Å². The van der Waals surface area contributed by atoms with Crippen molar-refractivity contribution in [1.82, 2.24) is 4.90 Å². The number of rotatable bonds is 6. The Hall–Kier alpha value is -2.33. The van der Waals surface area contributed by atoms with E-state index in [0.717, 1.165) is 41.8 Å². The molecule has 4 nitrogen and oxygen atoms in total. The highest BCUT2D eigenvalue weighted by atomic mass is 16.5. The van der Waals surface area contributed by atoms with Crippen LogP contribution in [0.3, 0.4) is 0 Å². The number of ether oxygens (including phenoxy) is 1. The van der Waals surface area contributed by atoms with E-state index < -0.39 is 0 Å². The second kappa shape index (κ2) is 8.57. The molecule has 0 saturated carbocycles. The Morgan fingerprint density at radius 2 is 1.85 bits per heavy atom. The number of amides is 1. The van der Waals surface area contributed by atoms with E-state index in [-0.39, 0.29) is 12.0 Å². The smallest absolute Gasteiger partial charge is 0.254 e. The van der Waals surface area contributed by atoms with Gasteiger partial charge in [0.25, 0.3) is 5.91 Å².